The fourth-order valence-corrected chi connectivity index (χ4v) is 2.91. The van der Waals surface area contributed by atoms with Gasteiger partial charge in [-0.25, -0.2) is 0 Å². The van der Waals surface area contributed by atoms with E-state index in [-0.39, 0.29) is 6.04 Å². The van der Waals surface area contributed by atoms with Crippen molar-refractivity contribution in [3.8, 4) is 5.75 Å². The second-order valence-electron chi connectivity index (χ2n) is 5.46. The van der Waals surface area contributed by atoms with Gasteiger partial charge in [0.1, 0.15) is 5.75 Å². The van der Waals surface area contributed by atoms with Crippen molar-refractivity contribution in [2.75, 3.05) is 7.11 Å². The first-order valence-corrected chi connectivity index (χ1v) is 7.19. The van der Waals surface area contributed by atoms with Gasteiger partial charge < -0.3 is 10.5 Å². The van der Waals surface area contributed by atoms with Crippen LogP contribution in [-0.4, -0.2) is 7.11 Å². The molecular formula is C16H25NO. The first kappa shape index (κ1) is 13.4. The van der Waals surface area contributed by atoms with Gasteiger partial charge in [-0.1, -0.05) is 44.2 Å². The molecule has 1 unspecified atom stereocenters. The third-order valence-corrected chi connectivity index (χ3v) is 4.15. The molecule has 0 aromatic heterocycles. The van der Waals surface area contributed by atoms with Crippen molar-refractivity contribution in [3.05, 3.63) is 29.8 Å². The zero-order valence-corrected chi connectivity index (χ0v) is 11.4. The van der Waals surface area contributed by atoms with Crippen LogP contribution in [0.15, 0.2) is 24.3 Å². The van der Waals surface area contributed by atoms with Crippen LogP contribution in [0.25, 0.3) is 0 Å². The lowest BCUT2D eigenvalue weighted by Crippen LogP contribution is -2.14. The second kappa shape index (κ2) is 6.79. The molecule has 1 aliphatic carbocycles. The van der Waals surface area contributed by atoms with Crippen LogP contribution in [0.3, 0.4) is 0 Å². The Kier molecular flexibility index (Phi) is 5.06. The maximum atomic E-state index is 6.26. The van der Waals surface area contributed by atoms with Crippen LogP contribution in [0.1, 0.15) is 56.6 Å². The highest BCUT2D eigenvalue weighted by atomic mass is 16.5. The Morgan fingerprint density at radius 1 is 1.17 bits per heavy atom. The van der Waals surface area contributed by atoms with Gasteiger partial charge in [-0.15, -0.1) is 0 Å². The molecule has 1 aromatic rings. The van der Waals surface area contributed by atoms with Gasteiger partial charge in [0.15, 0.2) is 0 Å². The van der Waals surface area contributed by atoms with E-state index >= 15 is 0 Å². The molecule has 0 aliphatic heterocycles. The number of ether oxygens (including phenoxy) is 1. The SMILES string of the molecule is COc1ccc(C(N)CCC2CCCCC2)cc1. The molecule has 1 aliphatic rings. The molecule has 1 saturated carbocycles. The molecule has 2 rings (SSSR count). The summed E-state index contributed by atoms with van der Waals surface area (Å²) in [5.41, 5.74) is 7.49. The maximum Gasteiger partial charge on any atom is 0.118 e. The van der Waals surface area contributed by atoms with Gasteiger partial charge in [-0.05, 0) is 36.5 Å². The maximum absolute atomic E-state index is 6.26. The van der Waals surface area contributed by atoms with Gasteiger partial charge in [-0.3, -0.25) is 0 Å². The molecule has 0 radical (unpaired) electrons. The lowest BCUT2D eigenvalue weighted by atomic mass is 9.84. The molecule has 0 amide bonds. The molecule has 2 heteroatoms. The number of benzene rings is 1. The molecule has 0 saturated heterocycles. The third-order valence-electron chi connectivity index (χ3n) is 4.15. The van der Waals surface area contributed by atoms with Crippen LogP contribution in [0, 0.1) is 5.92 Å². The first-order valence-electron chi connectivity index (χ1n) is 7.19. The third kappa shape index (κ3) is 3.74. The Balaban J connectivity index is 1.80. The van der Waals surface area contributed by atoms with Crippen molar-refractivity contribution in [3.63, 3.8) is 0 Å². The van der Waals surface area contributed by atoms with E-state index in [2.05, 4.69) is 12.1 Å². The Morgan fingerprint density at radius 3 is 2.44 bits per heavy atom. The van der Waals surface area contributed by atoms with Crippen molar-refractivity contribution < 1.29 is 4.74 Å². The van der Waals surface area contributed by atoms with Crippen molar-refractivity contribution in [1.29, 1.82) is 0 Å². The largest absolute Gasteiger partial charge is 0.497 e. The van der Waals surface area contributed by atoms with Crippen LogP contribution in [0.2, 0.25) is 0 Å². The van der Waals surface area contributed by atoms with Gasteiger partial charge >= 0.3 is 0 Å². The predicted octanol–water partition coefficient (Wildman–Crippen LogP) is 4.06. The Bertz CT molecular complexity index is 341. The summed E-state index contributed by atoms with van der Waals surface area (Å²) in [6.45, 7) is 0. The lowest BCUT2D eigenvalue weighted by molar-refractivity contribution is 0.324. The summed E-state index contributed by atoms with van der Waals surface area (Å²) in [6.07, 6.45) is 9.49. The quantitative estimate of drug-likeness (QED) is 0.851. The Morgan fingerprint density at radius 2 is 1.83 bits per heavy atom. The van der Waals surface area contributed by atoms with Crippen molar-refractivity contribution in [1.82, 2.24) is 0 Å². The number of hydrogen-bond donors (Lipinski definition) is 1. The fourth-order valence-electron chi connectivity index (χ4n) is 2.91. The summed E-state index contributed by atoms with van der Waals surface area (Å²) in [7, 11) is 1.69. The molecule has 1 atom stereocenters. The molecule has 2 N–H and O–H groups in total. The van der Waals surface area contributed by atoms with Crippen LogP contribution >= 0.6 is 0 Å². The van der Waals surface area contributed by atoms with E-state index in [4.69, 9.17) is 10.5 Å². The molecule has 0 spiro atoms. The zero-order chi connectivity index (χ0) is 12.8. The van der Waals surface area contributed by atoms with Crippen LogP contribution in [0.5, 0.6) is 5.75 Å². The predicted molar refractivity (Wildman–Crippen MR) is 75.7 cm³/mol. The summed E-state index contributed by atoms with van der Waals surface area (Å²) < 4.78 is 5.16. The minimum absolute atomic E-state index is 0.179. The average Bonchev–Trinajstić information content (AvgIpc) is 2.46. The van der Waals surface area contributed by atoms with Gasteiger partial charge in [-0.2, -0.15) is 0 Å². The summed E-state index contributed by atoms with van der Waals surface area (Å²) in [4.78, 5) is 0. The molecule has 0 heterocycles. The van der Waals surface area contributed by atoms with Gasteiger partial charge in [0.05, 0.1) is 7.11 Å². The highest BCUT2D eigenvalue weighted by Gasteiger charge is 2.15. The normalized spacial score (nSPS) is 18.6. The van der Waals surface area contributed by atoms with E-state index in [0.717, 1.165) is 18.1 Å². The van der Waals surface area contributed by atoms with Gasteiger partial charge in [0.25, 0.3) is 0 Å². The Hall–Kier alpha value is -1.02. The first-order chi connectivity index (χ1) is 8.79. The number of rotatable bonds is 5. The van der Waals surface area contributed by atoms with Gasteiger partial charge in [0.2, 0.25) is 0 Å². The van der Waals surface area contributed by atoms with Crippen molar-refractivity contribution in [2.24, 2.45) is 11.7 Å². The van der Waals surface area contributed by atoms with Crippen LogP contribution in [-0.2, 0) is 0 Å². The molecule has 2 nitrogen and oxygen atoms in total. The number of methoxy groups -OCH3 is 1. The Labute approximate surface area is 111 Å². The minimum Gasteiger partial charge on any atom is -0.497 e. The van der Waals surface area contributed by atoms with Gasteiger partial charge in [0, 0.05) is 6.04 Å². The molecule has 1 fully saturated rings. The topological polar surface area (TPSA) is 35.2 Å². The lowest BCUT2D eigenvalue weighted by Gasteiger charge is -2.23. The minimum atomic E-state index is 0.179. The molecule has 100 valence electrons. The molecule has 1 aromatic carbocycles. The smallest absolute Gasteiger partial charge is 0.118 e. The van der Waals surface area contributed by atoms with E-state index in [9.17, 15) is 0 Å². The number of hydrogen-bond acceptors (Lipinski definition) is 2. The van der Waals surface area contributed by atoms with E-state index in [1.807, 2.05) is 12.1 Å². The van der Waals surface area contributed by atoms with E-state index in [0.29, 0.717) is 0 Å². The summed E-state index contributed by atoms with van der Waals surface area (Å²) in [5.74, 6) is 1.82. The summed E-state index contributed by atoms with van der Waals surface area (Å²) in [5, 5.41) is 0. The fraction of sp³-hybridized carbons (Fsp3) is 0.625. The average molecular weight is 247 g/mol. The molecular weight excluding hydrogens is 222 g/mol. The van der Waals surface area contributed by atoms with E-state index in [1.54, 1.807) is 7.11 Å². The van der Waals surface area contributed by atoms with Crippen molar-refractivity contribution >= 4 is 0 Å². The molecule has 0 bridgehead atoms. The summed E-state index contributed by atoms with van der Waals surface area (Å²) >= 11 is 0. The second-order valence-corrected chi connectivity index (χ2v) is 5.46. The zero-order valence-electron chi connectivity index (χ0n) is 11.4. The standard InChI is InChI=1S/C16H25NO/c1-18-15-10-8-14(9-11-15)16(17)12-7-13-5-3-2-4-6-13/h8-11,13,16H,2-7,12,17H2,1H3. The van der Waals surface area contributed by atoms with E-state index in [1.165, 1.54) is 44.1 Å². The van der Waals surface area contributed by atoms with Crippen LogP contribution < -0.4 is 10.5 Å². The summed E-state index contributed by atoms with van der Waals surface area (Å²) in [6, 6.07) is 8.35. The highest BCUT2D eigenvalue weighted by Crippen LogP contribution is 2.29. The number of nitrogens with two attached hydrogens (primary N) is 1. The monoisotopic (exact) mass is 247 g/mol. The van der Waals surface area contributed by atoms with E-state index < -0.39 is 0 Å². The molecule has 18 heavy (non-hydrogen) atoms. The van der Waals surface area contributed by atoms with Crippen molar-refractivity contribution in [2.45, 2.75) is 51.0 Å². The van der Waals surface area contributed by atoms with Crippen LogP contribution in [0.4, 0.5) is 0 Å². The highest BCUT2D eigenvalue weighted by molar-refractivity contribution is 5.28.